The van der Waals surface area contributed by atoms with Gasteiger partial charge in [0.2, 0.25) is 0 Å². The minimum absolute atomic E-state index is 0.205. The van der Waals surface area contributed by atoms with Crippen LogP contribution in [0.5, 0.6) is 5.75 Å². The zero-order chi connectivity index (χ0) is 12.3. The molecule has 0 aromatic heterocycles. The van der Waals surface area contributed by atoms with Crippen LogP contribution in [0.2, 0.25) is 0 Å². The molecule has 1 saturated heterocycles. The van der Waals surface area contributed by atoms with Gasteiger partial charge in [-0.25, -0.2) is 4.39 Å². The van der Waals surface area contributed by atoms with Crippen molar-refractivity contribution in [3.05, 3.63) is 29.1 Å². The van der Waals surface area contributed by atoms with Crippen LogP contribution in [-0.2, 0) is 11.3 Å². The first-order valence-corrected chi connectivity index (χ1v) is 5.85. The van der Waals surface area contributed by atoms with E-state index in [2.05, 4.69) is 5.32 Å². The molecule has 0 aliphatic carbocycles. The number of hydrogen-bond donors (Lipinski definition) is 1. The number of benzene rings is 1. The fraction of sp³-hybridized carbons (Fsp3) is 0.538. The van der Waals surface area contributed by atoms with Crippen LogP contribution in [0.4, 0.5) is 4.39 Å². The Morgan fingerprint density at radius 2 is 2.24 bits per heavy atom. The van der Waals surface area contributed by atoms with Gasteiger partial charge in [-0.05, 0) is 19.4 Å². The van der Waals surface area contributed by atoms with E-state index in [1.165, 1.54) is 7.11 Å². The molecule has 4 heteroatoms. The molecule has 17 heavy (non-hydrogen) atoms. The van der Waals surface area contributed by atoms with Gasteiger partial charge < -0.3 is 14.8 Å². The molecule has 1 atom stereocenters. The fourth-order valence-corrected chi connectivity index (χ4v) is 2.31. The predicted octanol–water partition coefficient (Wildman–Crippen LogP) is 2.41. The molecule has 1 aliphatic heterocycles. The third kappa shape index (κ3) is 2.42. The maximum absolute atomic E-state index is 14.1. The van der Waals surface area contributed by atoms with Crippen LogP contribution < -0.4 is 10.1 Å². The summed E-state index contributed by atoms with van der Waals surface area (Å²) in [6.07, 6.45) is 2.15. The van der Waals surface area contributed by atoms with Crippen molar-refractivity contribution >= 4 is 0 Å². The Labute approximate surface area is 101 Å². The van der Waals surface area contributed by atoms with Crippen LogP contribution in [0.3, 0.4) is 0 Å². The van der Waals surface area contributed by atoms with E-state index < -0.39 is 0 Å². The quantitative estimate of drug-likeness (QED) is 0.875. The van der Waals surface area contributed by atoms with Crippen molar-refractivity contribution in [1.29, 1.82) is 0 Å². The van der Waals surface area contributed by atoms with Crippen molar-refractivity contribution in [3.8, 4) is 5.75 Å². The first-order valence-electron chi connectivity index (χ1n) is 5.85. The van der Waals surface area contributed by atoms with Gasteiger partial charge in [0, 0.05) is 24.3 Å². The number of hydrogen-bond acceptors (Lipinski definition) is 3. The minimum atomic E-state index is -0.305. The first-order chi connectivity index (χ1) is 8.27. The molecule has 1 fully saturated rings. The summed E-state index contributed by atoms with van der Waals surface area (Å²) in [7, 11) is 3.06. The Morgan fingerprint density at radius 3 is 2.82 bits per heavy atom. The molecule has 1 aromatic rings. The van der Waals surface area contributed by atoms with Crippen molar-refractivity contribution in [2.45, 2.75) is 25.5 Å². The number of rotatable bonds is 4. The second kappa shape index (κ2) is 5.47. The highest BCUT2D eigenvalue weighted by Crippen LogP contribution is 2.34. The van der Waals surface area contributed by atoms with Gasteiger partial charge in [0.1, 0.15) is 0 Å². The molecule has 0 saturated carbocycles. The van der Waals surface area contributed by atoms with Crippen LogP contribution in [0.25, 0.3) is 0 Å². The number of nitrogens with one attached hydrogen (secondary N) is 1. The molecule has 0 amide bonds. The van der Waals surface area contributed by atoms with Gasteiger partial charge in [-0.2, -0.15) is 0 Å². The molecule has 3 nitrogen and oxygen atoms in total. The van der Waals surface area contributed by atoms with Gasteiger partial charge in [-0.1, -0.05) is 12.1 Å². The molecule has 0 spiro atoms. The maximum Gasteiger partial charge on any atom is 0.170 e. The Hall–Kier alpha value is -1.13. The lowest BCUT2D eigenvalue weighted by molar-refractivity contribution is 0.180. The molecular weight excluding hydrogens is 221 g/mol. The normalized spacial score (nSPS) is 19.6. The highest BCUT2D eigenvalue weighted by Gasteiger charge is 2.23. The maximum atomic E-state index is 14.1. The van der Waals surface area contributed by atoms with Crippen LogP contribution >= 0.6 is 0 Å². The van der Waals surface area contributed by atoms with E-state index in [-0.39, 0.29) is 18.5 Å². The number of ether oxygens (including phenoxy) is 2. The zero-order valence-electron chi connectivity index (χ0n) is 10.3. The summed E-state index contributed by atoms with van der Waals surface area (Å²) < 4.78 is 24.3. The summed E-state index contributed by atoms with van der Waals surface area (Å²) in [4.78, 5) is 0. The average Bonchev–Trinajstić information content (AvgIpc) is 2.85. The van der Waals surface area contributed by atoms with E-state index in [4.69, 9.17) is 9.47 Å². The Balaban J connectivity index is 2.35. The van der Waals surface area contributed by atoms with Crippen LogP contribution in [0.1, 0.15) is 30.0 Å². The molecule has 94 valence electrons. The monoisotopic (exact) mass is 239 g/mol. The highest BCUT2D eigenvalue weighted by atomic mass is 19.1. The smallest absolute Gasteiger partial charge is 0.170 e. The number of halogens is 1. The topological polar surface area (TPSA) is 30.5 Å². The third-order valence-corrected chi connectivity index (χ3v) is 3.15. The summed E-state index contributed by atoms with van der Waals surface area (Å²) >= 11 is 0. The SMILES string of the molecule is COCc1ccc(C2CCCN2)c(OC)c1F. The van der Waals surface area contributed by atoms with E-state index in [9.17, 15) is 4.39 Å². The molecule has 1 N–H and O–H groups in total. The standard InChI is InChI=1S/C13H18FNO2/c1-16-8-9-5-6-10(11-4-3-7-15-11)13(17-2)12(9)14/h5-6,11,15H,3-4,7-8H2,1-2H3. The largest absolute Gasteiger partial charge is 0.493 e. The molecule has 1 unspecified atom stereocenters. The Kier molecular flexibility index (Phi) is 3.97. The minimum Gasteiger partial charge on any atom is -0.493 e. The summed E-state index contributed by atoms with van der Waals surface area (Å²) in [6.45, 7) is 1.25. The van der Waals surface area contributed by atoms with Crippen molar-refractivity contribution < 1.29 is 13.9 Å². The second-order valence-electron chi connectivity index (χ2n) is 4.24. The van der Waals surface area contributed by atoms with Gasteiger partial charge in [0.15, 0.2) is 11.6 Å². The van der Waals surface area contributed by atoms with Crippen molar-refractivity contribution in [2.24, 2.45) is 0 Å². The van der Waals surface area contributed by atoms with E-state index in [0.29, 0.717) is 11.3 Å². The van der Waals surface area contributed by atoms with E-state index in [1.54, 1.807) is 13.2 Å². The molecule has 0 radical (unpaired) electrons. The van der Waals surface area contributed by atoms with Crippen molar-refractivity contribution in [3.63, 3.8) is 0 Å². The fourth-order valence-electron chi connectivity index (χ4n) is 2.31. The average molecular weight is 239 g/mol. The van der Waals surface area contributed by atoms with Crippen molar-refractivity contribution in [2.75, 3.05) is 20.8 Å². The molecule has 1 aliphatic rings. The molecule has 0 bridgehead atoms. The zero-order valence-corrected chi connectivity index (χ0v) is 10.3. The Morgan fingerprint density at radius 1 is 1.41 bits per heavy atom. The number of methoxy groups -OCH3 is 2. The molecule has 1 heterocycles. The van der Waals surface area contributed by atoms with E-state index >= 15 is 0 Å². The van der Waals surface area contributed by atoms with Crippen LogP contribution in [-0.4, -0.2) is 20.8 Å². The van der Waals surface area contributed by atoms with Crippen LogP contribution in [0.15, 0.2) is 12.1 Å². The van der Waals surface area contributed by atoms with Crippen molar-refractivity contribution in [1.82, 2.24) is 5.32 Å². The van der Waals surface area contributed by atoms with Gasteiger partial charge >= 0.3 is 0 Å². The molecule has 1 aromatic carbocycles. The predicted molar refractivity (Wildman–Crippen MR) is 63.6 cm³/mol. The summed E-state index contributed by atoms with van der Waals surface area (Å²) in [5.74, 6) is 0.0412. The Bertz CT molecular complexity index is 389. The lowest BCUT2D eigenvalue weighted by Crippen LogP contribution is -2.15. The van der Waals surface area contributed by atoms with Gasteiger partial charge in [0.05, 0.1) is 13.7 Å². The summed E-state index contributed by atoms with van der Waals surface area (Å²) in [5.41, 5.74) is 1.44. The van der Waals surface area contributed by atoms with Crippen LogP contribution in [0, 0.1) is 5.82 Å². The molecular formula is C13H18FNO2. The van der Waals surface area contributed by atoms with Gasteiger partial charge in [0.25, 0.3) is 0 Å². The van der Waals surface area contributed by atoms with E-state index in [1.807, 2.05) is 6.07 Å². The summed E-state index contributed by atoms with van der Waals surface area (Å²) in [6, 6.07) is 3.91. The lowest BCUT2D eigenvalue weighted by Gasteiger charge is -2.17. The third-order valence-electron chi connectivity index (χ3n) is 3.15. The molecule has 2 rings (SSSR count). The van der Waals surface area contributed by atoms with Gasteiger partial charge in [-0.3, -0.25) is 0 Å². The first kappa shape index (κ1) is 12.3. The van der Waals surface area contributed by atoms with E-state index in [0.717, 1.165) is 24.9 Å². The lowest BCUT2D eigenvalue weighted by atomic mass is 10.0. The van der Waals surface area contributed by atoms with Gasteiger partial charge in [-0.15, -0.1) is 0 Å². The summed E-state index contributed by atoms with van der Waals surface area (Å²) in [5, 5.41) is 3.35. The highest BCUT2D eigenvalue weighted by molar-refractivity contribution is 5.41. The second-order valence-corrected chi connectivity index (χ2v) is 4.24.